The van der Waals surface area contributed by atoms with Gasteiger partial charge in [-0.3, -0.25) is 0 Å². The minimum Gasteiger partial charge on any atom is -0.437 e. The van der Waals surface area contributed by atoms with E-state index in [-0.39, 0.29) is 0 Å². The van der Waals surface area contributed by atoms with Crippen molar-refractivity contribution in [3.63, 3.8) is 0 Å². The Morgan fingerprint density at radius 3 is 2.60 bits per heavy atom. The van der Waals surface area contributed by atoms with Gasteiger partial charge in [-0.15, -0.1) is 0 Å². The van der Waals surface area contributed by atoms with E-state index in [9.17, 15) is 0 Å². The number of thioether (sulfide) groups is 1. The maximum absolute atomic E-state index is 5.63. The topological polar surface area (TPSA) is 38.1 Å². The lowest BCUT2D eigenvalue weighted by Crippen LogP contribution is -2.24. The summed E-state index contributed by atoms with van der Waals surface area (Å²) in [5, 5.41) is 4.35. The molecule has 20 heavy (non-hydrogen) atoms. The molecule has 0 fully saturated rings. The third-order valence-electron chi connectivity index (χ3n) is 3.23. The van der Waals surface area contributed by atoms with Crippen molar-refractivity contribution in [1.29, 1.82) is 0 Å². The van der Waals surface area contributed by atoms with Crippen LogP contribution in [0.1, 0.15) is 36.4 Å². The Balaban J connectivity index is 2.00. The molecule has 1 heterocycles. The zero-order valence-electron chi connectivity index (χ0n) is 12.3. The summed E-state index contributed by atoms with van der Waals surface area (Å²) in [7, 11) is 0. The molecule has 0 aliphatic heterocycles. The number of nitrogens with one attached hydrogen (secondary N) is 1. The van der Waals surface area contributed by atoms with E-state index in [0.29, 0.717) is 6.04 Å². The smallest absolute Gasteiger partial charge is 0.256 e. The van der Waals surface area contributed by atoms with Crippen LogP contribution >= 0.6 is 11.8 Å². The summed E-state index contributed by atoms with van der Waals surface area (Å²) in [6.07, 6.45) is 1.13. The lowest BCUT2D eigenvalue weighted by atomic mass is 10.1. The highest BCUT2D eigenvalue weighted by Crippen LogP contribution is 2.25. The van der Waals surface area contributed by atoms with Crippen molar-refractivity contribution in [2.75, 3.05) is 12.3 Å². The molecule has 0 radical (unpaired) electrons. The highest BCUT2D eigenvalue weighted by Gasteiger charge is 2.13. The third kappa shape index (κ3) is 4.12. The van der Waals surface area contributed by atoms with Gasteiger partial charge in [-0.2, -0.15) is 0 Å². The number of oxazole rings is 1. The van der Waals surface area contributed by atoms with Crippen LogP contribution in [0.15, 0.2) is 40.0 Å². The van der Waals surface area contributed by atoms with Gasteiger partial charge in [0.25, 0.3) is 5.22 Å². The van der Waals surface area contributed by atoms with Gasteiger partial charge in [0, 0.05) is 11.8 Å². The highest BCUT2D eigenvalue weighted by atomic mass is 32.2. The quantitative estimate of drug-likeness (QED) is 0.778. The van der Waals surface area contributed by atoms with Crippen LogP contribution < -0.4 is 5.32 Å². The Bertz CT molecular complexity index is 505. The number of aromatic nitrogens is 1. The average molecular weight is 290 g/mol. The number of rotatable bonds is 7. The molecule has 2 aromatic rings. The summed E-state index contributed by atoms with van der Waals surface area (Å²) in [5.74, 6) is 1.83. The van der Waals surface area contributed by atoms with Gasteiger partial charge in [-0.25, -0.2) is 4.98 Å². The minimum atomic E-state index is 0.327. The molecule has 0 saturated carbocycles. The SMILES string of the molecule is CCCNC(CSc1nc(C)c(C)o1)c1ccccc1. The maximum atomic E-state index is 5.63. The van der Waals surface area contributed by atoms with E-state index < -0.39 is 0 Å². The standard InChI is InChI=1S/C16H22N2OS/c1-4-10-17-15(14-8-6-5-7-9-14)11-20-16-18-12(2)13(3)19-16/h5-9,15,17H,4,10-11H2,1-3H3. The van der Waals surface area contributed by atoms with Crippen molar-refractivity contribution in [3.05, 3.63) is 47.3 Å². The maximum Gasteiger partial charge on any atom is 0.256 e. The van der Waals surface area contributed by atoms with E-state index in [1.807, 2.05) is 19.9 Å². The van der Waals surface area contributed by atoms with Crippen molar-refractivity contribution in [2.45, 2.75) is 38.5 Å². The Morgan fingerprint density at radius 2 is 2.00 bits per heavy atom. The van der Waals surface area contributed by atoms with E-state index >= 15 is 0 Å². The number of aryl methyl sites for hydroxylation is 2. The summed E-state index contributed by atoms with van der Waals surface area (Å²) in [6, 6.07) is 10.9. The molecule has 1 N–H and O–H groups in total. The third-order valence-corrected chi connectivity index (χ3v) is 4.15. The molecule has 108 valence electrons. The van der Waals surface area contributed by atoms with Crippen LogP contribution in [0.25, 0.3) is 0 Å². The molecule has 1 unspecified atom stereocenters. The minimum absolute atomic E-state index is 0.327. The first-order chi connectivity index (χ1) is 9.70. The van der Waals surface area contributed by atoms with Crippen LogP contribution in [-0.2, 0) is 0 Å². The first kappa shape index (κ1) is 15.1. The lowest BCUT2D eigenvalue weighted by Gasteiger charge is -2.17. The van der Waals surface area contributed by atoms with Crippen LogP contribution in [0.4, 0.5) is 0 Å². The zero-order valence-corrected chi connectivity index (χ0v) is 13.2. The fraction of sp³-hybridized carbons (Fsp3) is 0.438. The predicted octanol–water partition coefficient (Wildman–Crippen LogP) is 4.12. The van der Waals surface area contributed by atoms with Gasteiger partial charge in [0.05, 0.1) is 5.69 Å². The first-order valence-electron chi connectivity index (χ1n) is 7.06. The second kappa shape index (κ2) is 7.50. The Labute approximate surface area is 125 Å². The van der Waals surface area contributed by atoms with Crippen molar-refractivity contribution in [1.82, 2.24) is 10.3 Å². The van der Waals surface area contributed by atoms with Crippen molar-refractivity contribution < 1.29 is 4.42 Å². The molecule has 0 aliphatic rings. The monoisotopic (exact) mass is 290 g/mol. The summed E-state index contributed by atoms with van der Waals surface area (Å²) in [6.45, 7) is 7.13. The highest BCUT2D eigenvalue weighted by molar-refractivity contribution is 7.99. The van der Waals surface area contributed by atoms with E-state index in [1.165, 1.54) is 5.56 Å². The molecule has 2 rings (SSSR count). The molecule has 1 atom stereocenters. The fourth-order valence-corrected chi connectivity index (χ4v) is 2.94. The summed E-state index contributed by atoms with van der Waals surface area (Å²) in [5.41, 5.74) is 2.29. The second-order valence-corrected chi connectivity index (χ2v) is 5.82. The van der Waals surface area contributed by atoms with Gasteiger partial charge >= 0.3 is 0 Å². The van der Waals surface area contributed by atoms with Gasteiger partial charge in [0.2, 0.25) is 0 Å². The zero-order chi connectivity index (χ0) is 14.4. The Hall–Kier alpha value is -1.26. The molecule has 0 spiro atoms. The molecule has 4 heteroatoms. The van der Waals surface area contributed by atoms with Crippen LogP contribution in [0.5, 0.6) is 0 Å². The molecule has 1 aromatic heterocycles. The summed E-state index contributed by atoms with van der Waals surface area (Å²) >= 11 is 1.67. The summed E-state index contributed by atoms with van der Waals surface area (Å²) in [4.78, 5) is 4.42. The Morgan fingerprint density at radius 1 is 1.25 bits per heavy atom. The number of hydrogen-bond acceptors (Lipinski definition) is 4. The van der Waals surface area contributed by atoms with Crippen LogP contribution in [-0.4, -0.2) is 17.3 Å². The van der Waals surface area contributed by atoms with Crippen LogP contribution in [0.2, 0.25) is 0 Å². The number of benzene rings is 1. The molecule has 0 aliphatic carbocycles. The molecule has 1 aromatic carbocycles. The fourth-order valence-electron chi connectivity index (χ4n) is 1.94. The van der Waals surface area contributed by atoms with Crippen molar-refractivity contribution in [3.8, 4) is 0 Å². The summed E-state index contributed by atoms with van der Waals surface area (Å²) < 4.78 is 5.63. The van der Waals surface area contributed by atoms with Gasteiger partial charge in [-0.1, -0.05) is 49.0 Å². The van der Waals surface area contributed by atoms with Gasteiger partial charge < -0.3 is 9.73 Å². The predicted molar refractivity (Wildman–Crippen MR) is 84.2 cm³/mol. The van der Waals surface area contributed by atoms with Gasteiger partial charge in [0.1, 0.15) is 5.76 Å². The average Bonchev–Trinajstić information content (AvgIpc) is 2.79. The second-order valence-electron chi connectivity index (χ2n) is 4.85. The molecule has 0 bridgehead atoms. The van der Waals surface area contributed by atoms with Crippen molar-refractivity contribution >= 4 is 11.8 Å². The first-order valence-corrected chi connectivity index (χ1v) is 8.04. The normalized spacial score (nSPS) is 12.6. The van der Waals surface area contributed by atoms with Gasteiger partial charge in [-0.05, 0) is 32.4 Å². The van der Waals surface area contributed by atoms with E-state index in [0.717, 1.165) is 35.4 Å². The number of hydrogen-bond donors (Lipinski definition) is 1. The number of nitrogens with zero attached hydrogens (tertiary/aromatic N) is 1. The van der Waals surface area contributed by atoms with E-state index in [1.54, 1.807) is 11.8 Å². The lowest BCUT2D eigenvalue weighted by molar-refractivity contribution is 0.430. The van der Waals surface area contributed by atoms with Crippen LogP contribution in [0, 0.1) is 13.8 Å². The van der Waals surface area contributed by atoms with Crippen LogP contribution in [0.3, 0.4) is 0 Å². The largest absolute Gasteiger partial charge is 0.437 e. The van der Waals surface area contributed by atoms with Gasteiger partial charge in [0.15, 0.2) is 0 Å². The molecular formula is C16H22N2OS. The van der Waals surface area contributed by atoms with E-state index in [4.69, 9.17) is 4.42 Å². The molecule has 0 saturated heterocycles. The molecular weight excluding hydrogens is 268 g/mol. The Kier molecular flexibility index (Phi) is 5.68. The molecule has 0 amide bonds. The van der Waals surface area contributed by atoms with E-state index in [2.05, 4.69) is 41.5 Å². The van der Waals surface area contributed by atoms with Crippen molar-refractivity contribution in [2.24, 2.45) is 0 Å². The molecule has 3 nitrogen and oxygen atoms in total.